The molecule has 0 aliphatic rings. The van der Waals surface area contributed by atoms with Gasteiger partial charge in [0.1, 0.15) is 11.6 Å². The Bertz CT molecular complexity index is 3580. The average Bonchev–Trinajstić information content (AvgIpc) is 3.76. The number of carbonyl (C=O) groups is 2. The number of aromatic carboxylic acids is 1. The van der Waals surface area contributed by atoms with Crippen molar-refractivity contribution >= 4 is 58.6 Å². The number of amides is 1. The van der Waals surface area contributed by atoms with E-state index in [2.05, 4.69) is 15.3 Å². The highest BCUT2D eigenvalue weighted by Crippen LogP contribution is 2.37. The van der Waals surface area contributed by atoms with Crippen molar-refractivity contribution in [3.63, 3.8) is 0 Å². The Morgan fingerprint density at radius 2 is 0.985 bits per heavy atom. The lowest BCUT2D eigenvalue weighted by molar-refractivity contribution is -0.138. The quantitative estimate of drug-likeness (QED) is 0.122. The SMILES string of the molecule is CNC(=O)c1ccc(-n2c(=S)n(-c3ccc(C#N)c(C(F)(F)F)c3)c3nccc(C)c32)cc1F.Cc1ccnc2c1n(-c1ccc(C(=O)O)c(F)c1)c(=S)n2-c1ccc(C#N)c(C(F)(F)F)c1. The number of pyridine rings is 2. The Kier molecular flexibility index (Phi) is 12.4. The van der Waals surface area contributed by atoms with Gasteiger partial charge in [0, 0.05) is 19.4 Å². The van der Waals surface area contributed by atoms with E-state index in [0.29, 0.717) is 22.2 Å². The number of alkyl halides is 6. The molecule has 338 valence electrons. The van der Waals surface area contributed by atoms with Crippen molar-refractivity contribution in [3.05, 3.63) is 163 Å². The van der Waals surface area contributed by atoms with Crippen LogP contribution in [-0.2, 0) is 12.4 Å². The van der Waals surface area contributed by atoms with Crippen molar-refractivity contribution in [1.29, 1.82) is 10.5 Å². The van der Waals surface area contributed by atoms with Crippen LogP contribution in [0.1, 0.15) is 54.1 Å². The van der Waals surface area contributed by atoms with Gasteiger partial charge in [-0.1, -0.05) is 0 Å². The van der Waals surface area contributed by atoms with Crippen LogP contribution < -0.4 is 5.32 Å². The van der Waals surface area contributed by atoms with E-state index in [1.807, 2.05) is 0 Å². The van der Waals surface area contributed by atoms with Gasteiger partial charge in [-0.15, -0.1) is 0 Å². The van der Waals surface area contributed by atoms with Gasteiger partial charge in [0.2, 0.25) is 0 Å². The number of aromatic nitrogens is 6. The lowest BCUT2D eigenvalue weighted by Gasteiger charge is -2.12. The molecule has 0 saturated carbocycles. The van der Waals surface area contributed by atoms with Crippen LogP contribution in [0.4, 0.5) is 35.1 Å². The molecule has 0 atom stereocenters. The summed E-state index contributed by atoms with van der Waals surface area (Å²) in [6.07, 6.45) is -6.60. The van der Waals surface area contributed by atoms with Gasteiger partial charge < -0.3 is 10.4 Å². The summed E-state index contributed by atoms with van der Waals surface area (Å²) in [6, 6.07) is 20.1. The summed E-state index contributed by atoms with van der Waals surface area (Å²) in [5, 5.41) is 29.6. The Morgan fingerprint density at radius 1 is 0.612 bits per heavy atom. The predicted molar refractivity (Wildman–Crippen MR) is 232 cm³/mol. The first kappa shape index (κ1) is 46.9. The molecule has 22 heteroatoms. The third-order valence-electron chi connectivity index (χ3n) is 10.3. The van der Waals surface area contributed by atoms with Gasteiger partial charge in [-0.25, -0.2) is 23.5 Å². The number of halogens is 8. The molecule has 8 rings (SSSR count). The smallest absolute Gasteiger partial charge is 0.417 e. The van der Waals surface area contributed by atoms with E-state index in [-0.39, 0.29) is 49.1 Å². The van der Waals surface area contributed by atoms with Crippen LogP contribution in [0.3, 0.4) is 0 Å². The molecule has 1 amide bonds. The van der Waals surface area contributed by atoms with Gasteiger partial charge in [-0.2, -0.15) is 36.9 Å². The first-order valence-corrected chi connectivity index (χ1v) is 19.9. The summed E-state index contributed by atoms with van der Waals surface area (Å²) in [7, 11) is 1.38. The van der Waals surface area contributed by atoms with Crippen molar-refractivity contribution in [2.24, 2.45) is 0 Å². The second kappa shape index (κ2) is 17.7. The highest BCUT2D eigenvalue weighted by atomic mass is 32.1. The summed E-state index contributed by atoms with van der Waals surface area (Å²) in [6.45, 7) is 3.48. The topological polar surface area (TPSA) is 159 Å². The number of rotatable bonds is 6. The van der Waals surface area contributed by atoms with Gasteiger partial charge in [-0.3, -0.25) is 23.1 Å². The molecule has 0 unspecified atom stereocenters. The van der Waals surface area contributed by atoms with Crippen molar-refractivity contribution in [2.75, 3.05) is 7.05 Å². The molecule has 0 aliphatic carbocycles. The number of imidazole rings is 2. The molecule has 4 heterocycles. The van der Waals surface area contributed by atoms with Crippen molar-refractivity contribution < 1.29 is 49.8 Å². The van der Waals surface area contributed by atoms with E-state index < -0.39 is 63.7 Å². The molecule has 0 radical (unpaired) electrons. The van der Waals surface area contributed by atoms with Gasteiger partial charge >= 0.3 is 18.3 Å². The number of nitrogens with one attached hydrogen (secondary N) is 1. The number of fused-ring (bicyclic) bond motifs is 2. The maximum absolute atomic E-state index is 14.7. The zero-order valence-corrected chi connectivity index (χ0v) is 36.1. The summed E-state index contributed by atoms with van der Waals surface area (Å²) in [4.78, 5) is 31.6. The fourth-order valence-corrected chi connectivity index (χ4v) is 8.03. The fourth-order valence-electron chi connectivity index (χ4n) is 7.25. The minimum absolute atomic E-state index is 0.0100. The first-order chi connectivity index (χ1) is 31.6. The lowest BCUT2D eigenvalue weighted by Crippen LogP contribution is -2.19. The van der Waals surface area contributed by atoms with Gasteiger partial charge in [-0.05, 0) is 134 Å². The molecule has 4 aromatic heterocycles. The first-order valence-electron chi connectivity index (χ1n) is 19.1. The molecule has 0 aliphatic heterocycles. The van der Waals surface area contributed by atoms with E-state index in [4.69, 9.17) is 40.1 Å². The second-order valence-corrected chi connectivity index (χ2v) is 15.1. The normalized spacial score (nSPS) is 11.5. The molecular formula is C45H27F8N9O3S2. The predicted octanol–water partition coefficient (Wildman–Crippen LogP) is 10.8. The van der Waals surface area contributed by atoms with Crippen LogP contribution in [0.2, 0.25) is 0 Å². The molecule has 0 fully saturated rings. The van der Waals surface area contributed by atoms with Crippen LogP contribution >= 0.6 is 24.4 Å². The molecule has 12 nitrogen and oxygen atoms in total. The molecule has 0 saturated heterocycles. The molecular weight excluding hydrogens is 931 g/mol. The van der Waals surface area contributed by atoms with Crippen LogP contribution in [-0.4, -0.2) is 52.3 Å². The summed E-state index contributed by atoms with van der Waals surface area (Å²) < 4.78 is 116. The van der Waals surface area contributed by atoms with E-state index in [1.54, 1.807) is 32.0 Å². The molecule has 4 aromatic carbocycles. The average molecular weight is 958 g/mol. The third-order valence-corrected chi connectivity index (χ3v) is 11.1. The molecule has 0 spiro atoms. The Balaban J connectivity index is 0.000000199. The third kappa shape index (κ3) is 8.51. The largest absolute Gasteiger partial charge is 0.478 e. The maximum atomic E-state index is 14.7. The van der Waals surface area contributed by atoms with E-state index in [0.717, 1.165) is 42.5 Å². The second-order valence-electron chi connectivity index (χ2n) is 14.4. The number of nitriles is 2. The summed E-state index contributed by atoms with van der Waals surface area (Å²) in [5.74, 6) is -3.84. The minimum atomic E-state index is -4.78. The lowest BCUT2D eigenvalue weighted by atomic mass is 10.1. The Hall–Kier alpha value is -8.08. The van der Waals surface area contributed by atoms with Crippen molar-refractivity contribution in [2.45, 2.75) is 26.2 Å². The van der Waals surface area contributed by atoms with Crippen molar-refractivity contribution in [1.82, 2.24) is 33.6 Å². The van der Waals surface area contributed by atoms with Gasteiger partial charge in [0.05, 0.1) is 79.3 Å². The molecule has 8 aromatic rings. The molecule has 0 bridgehead atoms. The highest BCUT2D eigenvalue weighted by molar-refractivity contribution is 7.71. The van der Waals surface area contributed by atoms with E-state index in [1.165, 1.54) is 74.1 Å². The number of hydrogen-bond donors (Lipinski definition) is 2. The Morgan fingerprint density at radius 3 is 1.33 bits per heavy atom. The van der Waals surface area contributed by atoms with Gasteiger partial charge in [0.25, 0.3) is 5.91 Å². The van der Waals surface area contributed by atoms with Crippen LogP contribution in [0.25, 0.3) is 45.1 Å². The standard InChI is InChI=1S/C23H15F4N5OS.C22H12F4N4O2S/c1-12-7-8-30-20-19(12)31(15-5-6-16(18(24)10-15)21(33)29-2)22(34)32(20)14-4-3-13(11-28)17(9-14)23(25,26)27;1-11-6-7-28-19-18(11)29(14-4-5-15(20(31)32)17(23)9-14)21(33)30(19)13-3-2-12(10-27)16(8-13)22(24,25)26/h3-10H,1-2H3,(H,29,33);2-9H,1H3,(H,31,32). The monoisotopic (exact) mass is 957 g/mol. The van der Waals surface area contributed by atoms with Crippen molar-refractivity contribution in [3.8, 4) is 34.9 Å². The fraction of sp³-hybridized carbons (Fsp3) is 0.111. The number of carboxylic acids is 1. The van der Waals surface area contributed by atoms with Crippen LogP contribution in [0.5, 0.6) is 0 Å². The molecule has 2 N–H and O–H groups in total. The number of carbonyl (C=O) groups excluding carboxylic acids is 1. The Labute approximate surface area is 382 Å². The number of hydrogen-bond acceptors (Lipinski definition) is 8. The minimum Gasteiger partial charge on any atom is -0.478 e. The van der Waals surface area contributed by atoms with Crippen LogP contribution in [0.15, 0.2) is 97.3 Å². The highest BCUT2D eigenvalue weighted by Gasteiger charge is 2.36. The number of nitrogens with zero attached hydrogens (tertiary/aromatic N) is 8. The van der Waals surface area contributed by atoms with Gasteiger partial charge in [0.15, 0.2) is 20.8 Å². The zero-order valence-electron chi connectivity index (χ0n) is 34.4. The number of benzene rings is 4. The molecule has 67 heavy (non-hydrogen) atoms. The summed E-state index contributed by atoms with van der Waals surface area (Å²) >= 11 is 11.1. The van der Waals surface area contributed by atoms with E-state index in [9.17, 15) is 44.7 Å². The van der Waals surface area contributed by atoms with Crippen LogP contribution in [0, 0.1) is 57.7 Å². The zero-order chi connectivity index (χ0) is 48.9. The number of carboxylic acid groups (broad SMARTS) is 1. The summed E-state index contributed by atoms with van der Waals surface area (Å²) in [5.41, 5.74) is -0.863. The number of aryl methyl sites for hydroxylation is 2. The van der Waals surface area contributed by atoms with E-state index >= 15 is 0 Å². The maximum Gasteiger partial charge on any atom is 0.417 e.